The molecule has 0 amide bonds. The van der Waals surface area contributed by atoms with Crippen LogP contribution in [0.1, 0.15) is 36.8 Å². The molecule has 0 spiro atoms. The van der Waals surface area contributed by atoms with Gasteiger partial charge in [-0.05, 0) is 49.4 Å². The lowest BCUT2D eigenvalue weighted by Crippen LogP contribution is -2.45. The van der Waals surface area contributed by atoms with Gasteiger partial charge >= 0.3 is 0 Å². The Hall–Kier alpha value is -0.930. The molecule has 0 radical (unpaired) electrons. The smallest absolute Gasteiger partial charge is 0.123 e. The van der Waals surface area contributed by atoms with Gasteiger partial charge in [0.05, 0.1) is 6.10 Å². The van der Waals surface area contributed by atoms with Crippen molar-refractivity contribution in [2.75, 3.05) is 6.54 Å². The zero-order valence-corrected chi connectivity index (χ0v) is 11.0. The van der Waals surface area contributed by atoms with E-state index in [9.17, 15) is 9.50 Å². The van der Waals surface area contributed by atoms with E-state index in [0.717, 1.165) is 36.8 Å². The third-order valence-corrected chi connectivity index (χ3v) is 4.37. The fourth-order valence-corrected chi connectivity index (χ4v) is 3.01. The average molecular weight is 251 g/mol. The Morgan fingerprint density at radius 1 is 1.44 bits per heavy atom. The maximum atomic E-state index is 13.3. The summed E-state index contributed by atoms with van der Waals surface area (Å²) in [6, 6.07) is 4.85. The van der Waals surface area contributed by atoms with Crippen LogP contribution in [-0.4, -0.2) is 17.8 Å². The van der Waals surface area contributed by atoms with E-state index in [0.29, 0.717) is 13.0 Å². The SMILES string of the molecule is Cc1ccc(F)cc1CC1(CN)CCCCC1O. The van der Waals surface area contributed by atoms with Crippen molar-refractivity contribution in [3.8, 4) is 0 Å². The number of aliphatic hydroxyl groups excluding tert-OH is 1. The molecule has 2 atom stereocenters. The molecule has 1 aliphatic carbocycles. The molecule has 1 aliphatic rings. The topological polar surface area (TPSA) is 46.2 Å². The molecule has 1 fully saturated rings. The molecule has 0 aliphatic heterocycles. The van der Waals surface area contributed by atoms with E-state index >= 15 is 0 Å². The first-order valence-electron chi connectivity index (χ1n) is 6.70. The summed E-state index contributed by atoms with van der Waals surface area (Å²) < 4.78 is 13.3. The highest BCUT2D eigenvalue weighted by Gasteiger charge is 2.38. The minimum absolute atomic E-state index is 0.215. The second-order valence-corrected chi connectivity index (χ2v) is 5.58. The molecule has 0 bridgehead atoms. The van der Waals surface area contributed by atoms with E-state index in [1.54, 1.807) is 12.1 Å². The molecule has 3 N–H and O–H groups in total. The van der Waals surface area contributed by atoms with Crippen molar-refractivity contribution in [3.63, 3.8) is 0 Å². The molecule has 1 aromatic rings. The molecule has 1 saturated carbocycles. The molecule has 0 heterocycles. The molecule has 100 valence electrons. The van der Waals surface area contributed by atoms with Gasteiger partial charge in [0.1, 0.15) is 5.82 Å². The molecule has 1 aromatic carbocycles. The normalized spacial score (nSPS) is 28.3. The lowest BCUT2D eigenvalue weighted by Gasteiger charge is -2.41. The predicted molar refractivity (Wildman–Crippen MR) is 70.8 cm³/mol. The Morgan fingerprint density at radius 3 is 2.89 bits per heavy atom. The number of halogens is 1. The van der Waals surface area contributed by atoms with Gasteiger partial charge in [-0.15, -0.1) is 0 Å². The van der Waals surface area contributed by atoms with Crippen LogP contribution in [0.2, 0.25) is 0 Å². The molecule has 2 unspecified atom stereocenters. The first-order valence-corrected chi connectivity index (χ1v) is 6.70. The number of hydrogen-bond acceptors (Lipinski definition) is 2. The first-order chi connectivity index (χ1) is 8.57. The highest BCUT2D eigenvalue weighted by atomic mass is 19.1. The second kappa shape index (κ2) is 5.37. The van der Waals surface area contributed by atoms with Crippen LogP contribution >= 0.6 is 0 Å². The van der Waals surface area contributed by atoms with Gasteiger partial charge < -0.3 is 10.8 Å². The summed E-state index contributed by atoms with van der Waals surface area (Å²) in [7, 11) is 0. The van der Waals surface area contributed by atoms with Crippen molar-refractivity contribution in [3.05, 3.63) is 35.1 Å². The summed E-state index contributed by atoms with van der Waals surface area (Å²) in [5, 5.41) is 10.3. The van der Waals surface area contributed by atoms with E-state index in [1.807, 2.05) is 6.92 Å². The van der Waals surface area contributed by atoms with Crippen molar-refractivity contribution in [1.82, 2.24) is 0 Å². The standard InChI is InChI=1S/C15H22FNO/c1-11-5-6-13(16)8-12(11)9-15(10-17)7-3-2-4-14(15)18/h5-6,8,14,18H,2-4,7,9-10,17H2,1H3. The van der Waals surface area contributed by atoms with Crippen molar-refractivity contribution in [1.29, 1.82) is 0 Å². The molecule has 2 rings (SSSR count). The van der Waals surface area contributed by atoms with Crippen molar-refractivity contribution < 1.29 is 9.50 Å². The minimum atomic E-state index is -0.362. The van der Waals surface area contributed by atoms with Gasteiger partial charge in [-0.2, -0.15) is 0 Å². The van der Waals surface area contributed by atoms with Crippen LogP contribution in [0, 0.1) is 18.2 Å². The number of hydrogen-bond donors (Lipinski definition) is 2. The van der Waals surface area contributed by atoms with Gasteiger partial charge in [-0.25, -0.2) is 4.39 Å². The molecular formula is C15H22FNO. The van der Waals surface area contributed by atoms with Crippen LogP contribution in [0.4, 0.5) is 4.39 Å². The Balaban J connectivity index is 2.26. The number of nitrogens with two attached hydrogens (primary N) is 1. The lowest BCUT2D eigenvalue weighted by atomic mass is 9.68. The molecule has 2 nitrogen and oxygen atoms in total. The van der Waals surface area contributed by atoms with Crippen LogP contribution in [0.25, 0.3) is 0 Å². The van der Waals surface area contributed by atoms with Crippen LogP contribution in [-0.2, 0) is 6.42 Å². The predicted octanol–water partition coefficient (Wildman–Crippen LogP) is 2.56. The number of aliphatic hydroxyl groups is 1. The van der Waals surface area contributed by atoms with E-state index in [4.69, 9.17) is 5.73 Å². The van der Waals surface area contributed by atoms with Crippen molar-refractivity contribution in [2.24, 2.45) is 11.1 Å². The highest BCUT2D eigenvalue weighted by molar-refractivity contribution is 5.28. The van der Waals surface area contributed by atoms with Crippen molar-refractivity contribution >= 4 is 0 Å². The quantitative estimate of drug-likeness (QED) is 0.867. The minimum Gasteiger partial charge on any atom is -0.392 e. The molecule has 0 saturated heterocycles. The summed E-state index contributed by atoms with van der Waals surface area (Å²) in [6.45, 7) is 2.44. The second-order valence-electron chi connectivity index (χ2n) is 5.58. The van der Waals surface area contributed by atoms with E-state index < -0.39 is 0 Å². The maximum Gasteiger partial charge on any atom is 0.123 e. The average Bonchev–Trinajstić information content (AvgIpc) is 2.37. The van der Waals surface area contributed by atoms with E-state index in [1.165, 1.54) is 6.07 Å². The lowest BCUT2D eigenvalue weighted by molar-refractivity contribution is -0.00596. The van der Waals surface area contributed by atoms with Gasteiger partial charge in [-0.3, -0.25) is 0 Å². The summed E-state index contributed by atoms with van der Waals surface area (Å²) >= 11 is 0. The van der Waals surface area contributed by atoms with Crippen LogP contribution in [0.15, 0.2) is 18.2 Å². The Bertz CT molecular complexity index is 421. The van der Waals surface area contributed by atoms with Gasteiger partial charge in [0.15, 0.2) is 0 Å². The zero-order chi connectivity index (χ0) is 13.2. The van der Waals surface area contributed by atoms with Gasteiger partial charge in [0.25, 0.3) is 0 Å². The number of aryl methyl sites for hydroxylation is 1. The first kappa shape index (κ1) is 13.5. The summed E-state index contributed by atoms with van der Waals surface area (Å²) in [6.07, 6.45) is 4.22. The zero-order valence-electron chi connectivity index (χ0n) is 11.0. The molecule has 18 heavy (non-hydrogen) atoms. The number of rotatable bonds is 3. The van der Waals surface area contributed by atoms with Crippen LogP contribution < -0.4 is 5.73 Å². The molecular weight excluding hydrogens is 229 g/mol. The van der Waals surface area contributed by atoms with Gasteiger partial charge in [-0.1, -0.05) is 18.9 Å². The molecule has 3 heteroatoms. The fourth-order valence-electron chi connectivity index (χ4n) is 3.01. The third-order valence-electron chi connectivity index (χ3n) is 4.37. The van der Waals surface area contributed by atoms with E-state index in [2.05, 4.69) is 0 Å². The Kier molecular flexibility index (Phi) is 4.03. The monoisotopic (exact) mass is 251 g/mol. The molecule has 0 aromatic heterocycles. The van der Waals surface area contributed by atoms with E-state index in [-0.39, 0.29) is 17.3 Å². The van der Waals surface area contributed by atoms with Gasteiger partial charge in [0, 0.05) is 12.0 Å². The largest absolute Gasteiger partial charge is 0.392 e. The fraction of sp³-hybridized carbons (Fsp3) is 0.600. The highest BCUT2D eigenvalue weighted by Crippen LogP contribution is 2.39. The van der Waals surface area contributed by atoms with Crippen LogP contribution in [0.5, 0.6) is 0 Å². The summed E-state index contributed by atoms with van der Waals surface area (Å²) in [5.41, 5.74) is 7.69. The third kappa shape index (κ3) is 2.57. The summed E-state index contributed by atoms with van der Waals surface area (Å²) in [4.78, 5) is 0. The Labute approximate surface area is 108 Å². The van der Waals surface area contributed by atoms with Crippen LogP contribution in [0.3, 0.4) is 0 Å². The summed E-state index contributed by atoms with van der Waals surface area (Å²) in [5.74, 6) is -0.215. The maximum absolute atomic E-state index is 13.3. The number of benzene rings is 1. The Morgan fingerprint density at radius 2 is 2.22 bits per heavy atom. The van der Waals surface area contributed by atoms with Gasteiger partial charge in [0.2, 0.25) is 0 Å². The van der Waals surface area contributed by atoms with Crippen molar-refractivity contribution in [2.45, 2.75) is 45.1 Å².